The van der Waals surface area contributed by atoms with Crippen molar-refractivity contribution in [3.05, 3.63) is 0 Å². The number of hydrogen-bond acceptors (Lipinski definition) is 2. The summed E-state index contributed by atoms with van der Waals surface area (Å²) in [6.07, 6.45) is 2.76. The molecule has 0 spiro atoms. The van der Waals surface area contributed by atoms with Crippen LogP contribution in [0.5, 0.6) is 0 Å². The zero-order valence-electron chi connectivity index (χ0n) is 6.96. The SMILES string of the molecule is CCC(C)C(N)CS(C)=O. The lowest BCUT2D eigenvalue weighted by Gasteiger charge is -2.16. The molecule has 0 aliphatic carbocycles. The van der Waals surface area contributed by atoms with E-state index in [2.05, 4.69) is 13.8 Å². The van der Waals surface area contributed by atoms with E-state index in [4.69, 9.17) is 5.73 Å². The van der Waals surface area contributed by atoms with Crippen molar-refractivity contribution < 1.29 is 4.21 Å². The van der Waals surface area contributed by atoms with E-state index in [0.29, 0.717) is 11.7 Å². The zero-order valence-corrected chi connectivity index (χ0v) is 7.78. The Bertz CT molecular complexity index is 116. The molecule has 0 aliphatic rings. The van der Waals surface area contributed by atoms with E-state index < -0.39 is 10.8 Å². The van der Waals surface area contributed by atoms with E-state index in [-0.39, 0.29) is 6.04 Å². The first-order valence-corrected chi connectivity index (χ1v) is 5.36. The summed E-state index contributed by atoms with van der Waals surface area (Å²) in [6.45, 7) is 4.20. The average Bonchev–Trinajstić information content (AvgIpc) is 1.85. The van der Waals surface area contributed by atoms with Gasteiger partial charge in [-0.2, -0.15) is 0 Å². The van der Waals surface area contributed by atoms with E-state index in [9.17, 15) is 4.21 Å². The van der Waals surface area contributed by atoms with Gasteiger partial charge in [0.05, 0.1) is 0 Å². The van der Waals surface area contributed by atoms with Gasteiger partial charge in [0.15, 0.2) is 0 Å². The predicted molar refractivity (Wildman–Crippen MR) is 46.4 cm³/mol. The second-order valence-corrected chi connectivity index (χ2v) is 4.27. The minimum absolute atomic E-state index is 0.107. The lowest BCUT2D eigenvalue weighted by molar-refractivity contribution is 0.472. The van der Waals surface area contributed by atoms with Crippen molar-refractivity contribution in [3.8, 4) is 0 Å². The summed E-state index contributed by atoms with van der Waals surface area (Å²) in [4.78, 5) is 0. The fourth-order valence-electron chi connectivity index (χ4n) is 0.738. The first kappa shape index (κ1) is 10.1. The summed E-state index contributed by atoms with van der Waals surface area (Å²) in [5, 5.41) is 0. The van der Waals surface area contributed by atoms with Crippen LogP contribution in [0.3, 0.4) is 0 Å². The molecular weight excluding hydrogens is 146 g/mol. The third-order valence-electron chi connectivity index (χ3n) is 1.80. The Morgan fingerprint density at radius 1 is 1.60 bits per heavy atom. The second-order valence-electron chi connectivity index (χ2n) is 2.79. The van der Waals surface area contributed by atoms with Crippen LogP contribution < -0.4 is 5.73 Å². The van der Waals surface area contributed by atoms with Crippen molar-refractivity contribution in [2.45, 2.75) is 26.3 Å². The molecule has 0 aromatic heterocycles. The number of nitrogens with two attached hydrogens (primary N) is 1. The second kappa shape index (κ2) is 4.85. The fourth-order valence-corrected chi connectivity index (χ4v) is 1.61. The maximum Gasteiger partial charge on any atom is 0.0386 e. The molecule has 0 heterocycles. The van der Waals surface area contributed by atoms with Crippen molar-refractivity contribution in [2.24, 2.45) is 11.7 Å². The Balaban J connectivity index is 3.61. The molecule has 0 aromatic rings. The van der Waals surface area contributed by atoms with E-state index in [0.717, 1.165) is 6.42 Å². The number of hydrogen-bond donors (Lipinski definition) is 1. The molecule has 3 heteroatoms. The van der Waals surface area contributed by atoms with Crippen LogP contribution in [0.25, 0.3) is 0 Å². The van der Waals surface area contributed by atoms with Crippen LogP contribution in [0.1, 0.15) is 20.3 Å². The van der Waals surface area contributed by atoms with Crippen LogP contribution in [0.2, 0.25) is 0 Å². The summed E-state index contributed by atoms with van der Waals surface area (Å²) in [5.74, 6) is 1.12. The van der Waals surface area contributed by atoms with Gasteiger partial charge in [0.25, 0.3) is 0 Å². The van der Waals surface area contributed by atoms with E-state index >= 15 is 0 Å². The van der Waals surface area contributed by atoms with Gasteiger partial charge in [-0.3, -0.25) is 4.21 Å². The molecule has 2 N–H and O–H groups in total. The maximum absolute atomic E-state index is 10.7. The molecule has 0 radical (unpaired) electrons. The van der Waals surface area contributed by atoms with Crippen molar-refractivity contribution in [1.82, 2.24) is 0 Å². The average molecular weight is 163 g/mol. The van der Waals surface area contributed by atoms with Gasteiger partial charge in [-0.1, -0.05) is 20.3 Å². The van der Waals surface area contributed by atoms with Crippen LogP contribution >= 0.6 is 0 Å². The van der Waals surface area contributed by atoms with Crippen molar-refractivity contribution >= 4 is 10.8 Å². The molecule has 2 nitrogen and oxygen atoms in total. The normalized spacial score (nSPS) is 20.0. The van der Waals surface area contributed by atoms with Gasteiger partial charge < -0.3 is 5.73 Å². The summed E-state index contributed by atoms with van der Waals surface area (Å²) < 4.78 is 10.7. The molecule has 0 fully saturated rings. The lowest BCUT2D eigenvalue weighted by atomic mass is 10.0. The maximum atomic E-state index is 10.7. The summed E-state index contributed by atoms with van der Waals surface area (Å²) in [7, 11) is -0.743. The lowest BCUT2D eigenvalue weighted by Crippen LogP contribution is -2.33. The summed E-state index contributed by atoms with van der Waals surface area (Å²) in [6, 6.07) is 0.107. The Kier molecular flexibility index (Phi) is 4.91. The molecular formula is C7H17NOS. The largest absolute Gasteiger partial charge is 0.327 e. The molecule has 10 heavy (non-hydrogen) atoms. The minimum atomic E-state index is -0.743. The molecule has 0 aliphatic heterocycles. The minimum Gasteiger partial charge on any atom is -0.327 e. The van der Waals surface area contributed by atoms with Gasteiger partial charge in [0, 0.05) is 28.9 Å². The molecule has 0 saturated carbocycles. The molecule has 0 rings (SSSR count). The first-order valence-electron chi connectivity index (χ1n) is 3.63. The fraction of sp³-hybridized carbons (Fsp3) is 1.00. The van der Waals surface area contributed by atoms with Crippen molar-refractivity contribution in [1.29, 1.82) is 0 Å². The highest BCUT2D eigenvalue weighted by Gasteiger charge is 2.11. The third-order valence-corrected chi connectivity index (χ3v) is 2.66. The van der Waals surface area contributed by atoms with E-state index in [1.54, 1.807) is 6.26 Å². The Hall–Kier alpha value is 0.110. The van der Waals surface area contributed by atoms with Gasteiger partial charge in [-0.25, -0.2) is 0 Å². The number of rotatable bonds is 4. The van der Waals surface area contributed by atoms with E-state index in [1.165, 1.54) is 0 Å². The molecule has 3 atom stereocenters. The smallest absolute Gasteiger partial charge is 0.0386 e. The Morgan fingerprint density at radius 3 is 2.40 bits per heavy atom. The highest BCUT2D eigenvalue weighted by molar-refractivity contribution is 7.84. The highest BCUT2D eigenvalue weighted by atomic mass is 32.2. The zero-order chi connectivity index (χ0) is 8.15. The predicted octanol–water partition coefficient (Wildman–Crippen LogP) is 0.738. The highest BCUT2D eigenvalue weighted by Crippen LogP contribution is 2.05. The van der Waals surface area contributed by atoms with Crippen LogP contribution in [0.15, 0.2) is 0 Å². The van der Waals surface area contributed by atoms with Crippen molar-refractivity contribution in [2.75, 3.05) is 12.0 Å². The van der Waals surface area contributed by atoms with Gasteiger partial charge in [0.2, 0.25) is 0 Å². The molecule has 0 saturated heterocycles. The van der Waals surface area contributed by atoms with Crippen LogP contribution in [0, 0.1) is 5.92 Å². The standard InChI is InChI=1S/C7H17NOS/c1-4-6(2)7(8)5-10(3)9/h6-7H,4-5,8H2,1-3H3. The van der Waals surface area contributed by atoms with Gasteiger partial charge in [0.1, 0.15) is 0 Å². The molecule has 3 unspecified atom stereocenters. The molecule has 0 aromatic carbocycles. The molecule has 0 bridgehead atoms. The van der Waals surface area contributed by atoms with Gasteiger partial charge in [-0.15, -0.1) is 0 Å². The van der Waals surface area contributed by atoms with E-state index in [1.807, 2.05) is 0 Å². The Morgan fingerprint density at radius 2 is 2.10 bits per heavy atom. The Labute approximate surface area is 65.6 Å². The summed E-state index contributed by atoms with van der Waals surface area (Å²) in [5.41, 5.74) is 5.74. The van der Waals surface area contributed by atoms with Gasteiger partial charge >= 0.3 is 0 Å². The summed E-state index contributed by atoms with van der Waals surface area (Å²) >= 11 is 0. The van der Waals surface area contributed by atoms with Crippen LogP contribution in [-0.2, 0) is 10.8 Å². The van der Waals surface area contributed by atoms with Gasteiger partial charge in [-0.05, 0) is 5.92 Å². The first-order chi connectivity index (χ1) is 4.57. The topological polar surface area (TPSA) is 43.1 Å². The monoisotopic (exact) mass is 163 g/mol. The van der Waals surface area contributed by atoms with Crippen LogP contribution in [-0.4, -0.2) is 22.3 Å². The third kappa shape index (κ3) is 4.01. The quantitative estimate of drug-likeness (QED) is 0.664. The molecule has 62 valence electrons. The van der Waals surface area contributed by atoms with Crippen LogP contribution in [0.4, 0.5) is 0 Å². The molecule has 0 amide bonds. The van der Waals surface area contributed by atoms with Crippen molar-refractivity contribution in [3.63, 3.8) is 0 Å².